The molecule has 0 aromatic heterocycles. The van der Waals surface area contributed by atoms with Crippen molar-refractivity contribution in [2.24, 2.45) is 0 Å². The first-order chi connectivity index (χ1) is 9.01. The fourth-order valence-corrected chi connectivity index (χ4v) is 5.79. The second kappa shape index (κ2) is 4.17. The van der Waals surface area contributed by atoms with Crippen LogP contribution in [0.4, 0.5) is 0 Å². The Morgan fingerprint density at radius 1 is 1.11 bits per heavy atom. The molecule has 0 aliphatic carbocycles. The van der Waals surface area contributed by atoms with Crippen LogP contribution in [-0.4, -0.2) is 22.8 Å². The molecular formula is C11H8INO6. The summed E-state index contributed by atoms with van der Waals surface area (Å²) in [5.74, 6) is -1.92. The van der Waals surface area contributed by atoms with Crippen molar-refractivity contribution >= 4 is 37.0 Å². The topological polar surface area (TPSA) is 90.0 Å². The molecule has 1 unspecified atom stereocenters. The number of imide groups is 1. The van der Waals surface area contributed by atoms with E-state index in [1.165, 1.54) is 12.1 Å². The quantitative estimate of drug-likeness (QED) is 0.571. The van der Waals surface area contributed by atoms with Gasteiger partial charge in [-0.2, -0.15) is 0 Å². The molecule has 1 aromatic carbocycles. The number of carbonyl (C=O) groups excluding carboxylic acids is 3. The molecule has 2 heterocycles. The Balaban J connectivity index is 1.98. The van der Waals surface area contributed by atoms with Gasteiger partial charge in [0.2, 0.25) is 0 Å². The van der Waals surface area contributed by atoms with Crippen LogP contribution in [0, 0.1) is 3.57 Å². The molecule has 1 aromatic rings. The summed E-state index contributed by atoms with van der Waals surface area (Å²) in [5, 5.41) is 0.457. The van der Waals surface area contributed by atoms with Gasteiger partial charge in [-0.05, 0) is 0 Å². The Hall–Kier alpha value is -1.68. The second-order valence-electron chi connectivity index (χ2n) is 3.92. The number of hydroxylamine groups is 2. The van der Waals surface area contributed by atoms with Crippen LogP contribution in [-0.2, 0) is 18.9 Å². The molecule has 100 valence electrons. The van der Waals surface area contributed by atoms with E-state index < -0.39 is 37.0 Å². The average molecular weight is 377 g/mol. The van der Waals surface area contributed by atoms with Crippen LogP contribution in [0.15, 0.2) is 24.3 Å². The molecule has 2 amide bonds. The van der Waals surface area contributed by atoms with E-state index in [0.29, 0.717) is 5.06 Å². The summed E-state index contributed by atoms with van der Waals surface area (Å²) in [5.41, 5.74) is 0.146. The number of rotatable bonds is 2. The van der Waals surface area contributed by atoms with Gasteiger partial charge in [-0.1, -0.05) is 0 Å². The number of hydrogen-bond donors (Lipinski definition) is 0. The predicted octanol–water partition coefficient (Wildman–Crippen LogP) is 1.32. The first kappa shape index (κ1) is 12.4. The molecule has 19 heavy (non-hydrogen) atoms. The van der Waals surface area contributed by atoms with E-state index >= 15 is 0 Å². The third-order valence-electron chi connectivity index (χ3n) is 2.68. The summed E-state index contributed by atoms with van der Waals surface area (Å²) in [4.78, 5) is 34.4. The Labute approximate surface area is 112 Å². The molecule has 3 rings (SSSR count). The van der Waals surface area contributed by atoms with Gasteiger partial charge in [0.05, 0.1) is 0 Å². The molecule has 8 heteroatoms. The molecular weight excluding hydrogens is 369 g/mol. The van der Waals surface area contributed by atoms with Gasteiger partial charge in [-0.3, -0.25) is 0 Å². The molecule has 2 aliphatic rings. The van der Waals surface area contributed by atoms with Gasteiger partial charge in [0.1, 0.15) is 0 Å². The number of benzene rings is 1. The fourth-order valence-electron chi connectivity index (χ4n) is 1.78. The Bertz CT molecular complexity index is 638. The van der Waals surface area contributed by atoms with Crippen LogP contribution in [0.1, 0.15) is 23.2 Å². The Morgan fingerprint density at radius 3 is 2.42 bits per heavy atom. The summed E-state index contributed by atoms with van der Waals surface area (Å²) >= 11 is -4.82. The molecule has 0 saturated carbocycles. The number of nitrogens with zero attached hydrogens (tertiary/aromatic N) is 1. The summed E-state index contributed by atoms with van der Waals surface area (Å²) in [6.45, 7) is 0. The maximum absolute atomic E-state index is 12.6. The molecule has 0 spiro atoms. The zero-order valence-electron chi connectivity index (χ0n) is 9.50. The molecule has 1 saturated heterocycles. The van der Waals surface area contributed by atoms with Crippen LogP contribution >= 0.6 is 19.3 Å². The van der Waals surface area contributed by atoms with Crippen LogP contribution < -0.4 is 0 Å². The van der Waals surface area contributed by atoms with Crippen molar-refractivity contribution in [3.8, 4) is 0 Å². The molecule has 1 atom stereocenters. The second-order valence-corrected chi connectivity index (χ2v) is 8.31. The van der Waals surface area contributed by atoms with Crippen LogP contribution in [0.2, 0.25) is 0 Å². The minimum atomic E-state index is -4.82. The van der Waals surface area contributed by atoms with Crippen LogP contribution in [0.25, 0.3) is 0 Å². The van der Waals surface area contributed by atoms with Gasteiger partial charge < -0.3 is 0 Å². The van der Waals surface area contributed by atoms with Crippen molar-refractivity contribution in [3.05, 3.63) is 33.4 Å². The molecule has 7 nitrogen and oxygen atoms in total. The van der Waals surface area contributed by atoms with Crippen molar-refractivity contribution in [1.82, 2.24) is 5.06 Å². The summed E-state index contributed by atoms with van der Waals surface area (Å²) in [6.07, 6.45) is 0.0110. The van der Waals surface area contributed by atoms with Gasteiger partial charge in [-0.25, -0.2) is 0 Å². The summed E-state index contributed by atoms with van der Waals surface area (Å²) in [7, 11) is 0. The van der Waals surface area contributed by atoms with Gasteiger partial charge in [0.25, 0.3) is 0 Å². The molecule has 0 bridgehead atoms. The molecule has 1 fully saturated rings. The van der Waals surface area contributed by atoms with E-state index in [1.807, 2.05) is 0 Å². The van der Waals surface area contributed by atoms with Gasteiger partial charge >= 0.3 is 112 Å². The summed E-state index contributed by atoms with van der Waals surface area (Å²) < 4.78 is 22.5. The van der Waals surface area contributed by atoms with Gasteiger partial charge in [-0.15, -0.1) is 0 Å². The molecule has 0 radical (unpaired) electrons. The van der Waals surface area contributed by atoms with E-state index in [4.69, 9.17) is 6.23 Å². The van der Waals surface area contributed by atoms with E-state index in [2.05, 4.69) is 0 Å². The van der Waals surface area contributed by atoms with E-state index in [9.17, 15) is 17.5 Å². The number of hydrogen-bond acceptors (Lipinski definition) is 6. The van der Waals surface area contributed by atoms with Gasteiger partial charge in [0.15, 0.2) is 0 Å². The fraction of sp³-hybridized carbons (Fsp3) is 0.182. The number of amides is 2. The third kappa shape index (κ3) is 1.87. The monoisotopic (exact) mass is 377 g/mol. The van der Waals surface area contributed by atoms with Crippen molar-refractivity contribution in [3.63, 3.8) is 0 Å². The Kier molecular flexibility index (Phi) is 2.71. The van der Waals surface area contributed by atoms with E-state index in [0.717, 1.165) is 0 Å². The number of carbonyl (C=O) groups is 3. The Morgan fingerprint density at radius 2 is 1.74 bits per heavy atom. The zero-order chi connectivity index (χ0) is 13.6. The maximum atomic E-state index is 12.6. The van der Waals surface area contributed by atoms with Crippen molar-refractivity contribution in [2.75, 3.05) is 0 Å². The minimum absolute atomic E-state index is 0.00549. The number of fused-ring (bicyclic) bond motifs is 1. The zero-order valence-corrected chi connectivity index (χ0v) is 11.7. The molecule has 0 N–H and O–H groups in total. The SMILES string of the molecule is O=C1OI(=O)(ON2C(=O)CCC2=O)c2ccccc21. The first-order valence-corrected chi connectivity index (χ1v) is 9.10. The van der Waals surface area contributed by atoms with E-state index in [-0.39, 0.29) is 22.0 Å². The molecule has 2 aliphatic heterocycles. The first-order valence-electron chi connectivity index (χ1n) is 5.38. The van der Waals surface area contributed by atoms with Crippen molar-refractivity contribution < 1.29 is 23.7 Å². The standard InChI is InChI=1S/C11H8INO6/c14-9-5-6-10(15)13(9)19-12(17)8-4-2-1-3-7(8)11(16)18-12/h1-4H,5-6H2. The van der Waals surface area contributed by atoms with Crippen molar-refractivity contribution in [2.45, 2.75) is 12.8 Å². The number of halogens is 1. The van der Waals surface area contributed by atoms with Crippen LogP contribution in [0.5, 0.6) is 0 Å². The predicted molar refractivity (Wildman–Crippen MR) is 67.4 cm³/mol. The van der Waals surface area contributed by atoms with Crippen LogP contribution in [0.3, 0.4) is 0 Å². The van der Waals surface area contributed by atoms with Gasteiger partial charge in [0, 0.05) is 0 Å². The van der Waals surface area contributed by atoms with Crippen molar-refractivity contribution in [1.29, 1.82) is 0 Å². The normalized spacial score (nSPS) is 29.1. The summed E-state index contributed by atoms with van der Waals surface area (Å²) in [6, 6.07) is 6.07. The van der Waals surface area contributed by atoms with E-state index in [1.54, 1.807) is 12.1 Å². The average Bonchev–Trinajstić information content (AvgIpc) is 2.83. The third-order valence-corrected chi connectivity index (χ3v) is 6.94.